The number of fused-ring (bicyclic) bond motifs is 3. The topological polar surface area (TPSA) is 95.9 Å². The molecule has 0 unspecified atom stereocenters. The van der Waals surface area contributed by atoms with Crippen LogP contribution in [0.1, 0.15) is 28.5 Å². The smallest absolute Gasteiger partial charge is 0.316 e. The summed E-state index contributed by atoms with van der Waals surface area (Å²) in [5.74, 6) is -0.510. The quantitative estimate of drug-likeness (QED) is 0.877. The van der Waals surface area contributed by atoms with Gasteiger partial charge in [0.2, 0.25) is 0 Å². The Morgan fingerprint density at radius 2 is 2.30 bits per heavy atom. The highest BCUT2D eigenvalue weighted by atomic mass is 16.5. The molecule has 1 amide bonds. The molecule has 3 rings (SSSR count). The SMILES string of the molecule is CCOc1ncc2c(n1)-c1c(c(C(N)=O)nn1C)CC2. The van der Waals surface area contributed by atoms with E-state index in [1.54, 1.807) is 17.9 Å². The zero-order valence-corrected chi connectivity index (χ0v) is 11.4. The van der Waals surface area contributed by atoms with Crippen molar-refractivity contribution < 1.29 is 9.53 Å². The maximum atomic E-state index is 11.5. The summed E-state index contributed by atoms with van der Waals surface area (Å²) in [4.78, 5) is 20.1. The lowest BCUT2D eigenvalue weighted by molar-refractivity contribution is 0.0994. The van der Waals surface area contributed by atoms with E-state index in [1.807, 2.05) is 6.92 Å². The molecule has 20 heavy (non-hydrogen) atoms. The monoisotopic (exact) mass is 273 g/mol. The number of hydrogen-bond donors (Lipinski definition) is 1. The first kappa shape index (κ1) is 12.6. The third-order valence-corrected chi connectivity index (χ3v) is 3.36. The summed E-state index contributed by atoms with van der Waals surface area (Å²) in [6.07, 6.45) is 3.25. The minimum Gasteiger partial charge on any atom is -0.464 e. The lowest BCUT2D eigenvalue weighted by Gasteiger charge is -2.16. The summed E-state index contributed by atoms with van der Waals surface area (Å²) in [6, 6.07) is 0.334. The molecule has 0 fully saturated rings. The van der Waals surface area contributed by atoms with Gasteiger partial charge in [-0.2, -0.15) is 10.1 Å². The summed E-state index contributed by atoms with van der Waals surface area (Å²) in [6.45, 7) is 2.38. The molecule has 7 nitrogen and oxygen atoms in total. The van der Waals surface area contributed by atoms with Crippen LogP contribution in [-0.2, 0) is 19.9 Å². The standard InChI is InChI=1S/C13H15N5O2/c1-3-20-13-15-6-7-4-5-8-10(12(14)19)17-18(2)11(8)9(7)16-13/h6H,3-5H2,1-2H3,(H2,14,19). The molecule has 7 heteroatoms. The second-order valence-electron chi connectivity index (χ2n) is 4.62. The normalized spacial score (nSPS) is 12.7. The molecular weight excluding hydrogens is 258 g/mol. The summed E-state index contributed by atoms with van der Waals surface area (Å²) in [5.41, 5.74) is 9.18. The summed E-state index contributed by atoms with van der Waals surface area (Å²) in [7, 11) is 1.78. The number of amides is 1. The van der Waals surface area contributed by atoms with Gasteiger partial charge in [-0.05, 0) is 25.3 Å². The molecule has 104 valence electrons. The average molecular weight is 273 g/mol. The van der Waals surface area contributed by atoms with Crippen LogP contribution in [0.4, 0.5) is 0 Å². The highest BCUT2D eigenvalue weighted by Crippen LogP contribution is 2.33. The van der Waals surface area contributed by atoms with Gasteiger partial charge in [0.05, 0.1) is 18.0 Å². The molecule has 0 atom stereocenters. The van der Waals surface area contributed by atoms with Gasteiger partial charge in [-0.1, -0.05) is 0 Å². The first-order chi connectivity index (χ1) is 9.61. The second kappa shape index (κ2) is 4.59. The average Bonchev–Trinajstić information content (AvgIpc) is 2.77. The number of carbonyl (C=O) groups excluding carboxylic acids is 1. The van der Waals surface area contributed by atoms with Crippen LogP contribution in [0.2, 0.25) is 0 Å². The Kier molecular flexibility index (Phi) is 2.89. The van der Waals surface area contributed by atoms with E-state index in [1.165, 1.54) is 0 Å². The molecule has 0 saturated carbocycles. The van der Waals surface area contributed by atoms with E-state index in [0.717, 1.165) is 28.9 Å². The van der Waals surface area contributed by atoms with Crippen LogP contribution in [-0.4, -0.2) is 32.3 Å². The van der Waals surface area contributed by atoms with Crippen LogP contribution in [0.3, 0.4) is 0 Å². The number of aryl methyl sites for hydroxylation is 2. The molecule has 0 radical (unpaired) electrons. The van der Waals surface area contributed by atoms with Crippen LogP contribution in [0.25, 0.3) is 11.4 Å². The maximum Gasteiger partial charge on any atom is 0.316 e. The first-order valence-electron chi connectivity index (χ1n) is 6.46. The van der Waals surface area contributed by atoms with E-state index in [9.17, 15) is 4.79 Å². The zero-order chi connectivity index (χ0) is 14.3. The number of rotatable bonds is 3. The summed E-state index contributed by atoms with van der Waals surface area (Å²) < 4.78 is 6.99. The number of nitrogens with zero attached hydrogens (tertiary/aromatic N) is 4. The highest BCUT2D eigenvalue weighted by Gasteiger charge is 2.28. The predicted octanol–water partition coefficient (Wildman–Crippen LogP) is 0.473. The largest absolute Gasteiger partial charge is 0.464 e. The number of nitrogens with two attached hydrogens (primary N) is 1. The van der Waals surface area contributed by atoms with Crippen molar-refractivity contribution in [2.45, 2.75) is 19.8 Å². The Bertz CT molecular complexity index is 692. The second-order valence-corrected chi connectivity index (χ2v) is 4.62. The van der Waals surface area contributed by atoms with Crippen molar-refractivity contribution in [2.24, 2.45) is 12.8 Å². The Morgan fingerprint density at radius 3 is 3.00 bits per heavy atom. The third kappa shape index (κ3) is 1.82. The Balaban J connectivity index is 2.19. The third-order valence-electron chi connectivity index (χ3n) is 3.36. The van der Waals surface area contributed by atoms with Gasteiger partial charge in [0, 0.05) is 18.8 Å². The van der Waals surface area contributed by atoms with Gasteiger partial charge in [0.15, 0.2) is 5.69 Å². The van der Waals surface area contributed by atoms with E-state index in [2.05, 4.69) is 15.1 Å². The predicted molar refractivity (Wildman–Crippen MR) is 71.3 cm³/mol. The fourth-order valence-electron chi connectivity index (χ4n) is 2.54. The van der Waals surface area contributed by atoms with E-state index >= 15 is 0 Å². The Morgan fingerprint density at radius 1 is 1.50 bits per heavy atom. The van der Waals surface area contributed by atoms with Gasteiger partial charge in [-0.15, -0.1) is 0 Å². The van der Waals surface area contributed by atoms with Crippen molar-refractivity contribution in [3.63, 3.8) is 0 Å². The molecule has 1 aliphatic rings. The fourth-order valence-corrected chi connectivity index (χ4v) is 2.54. The molecule has 0 bridgehead atoms. The molecule has 0 spiro atoms. The summed E-state index contributed by atoms with van der Waals surface area (Å²) in [5, 5.41) is 4.21. The van der Waals surface area contributed by atoms with Crippen molar-refractivity contribution >= 4 is 5.91 Å². The van der Waals surface area contributed by atoms with Crippen LogP contribution in [0.5, 0.6) is 6.01 Å². The van der Waals surface area contributed by atoms with Gasteiger partial charge in [0.25, 0.3) is 5.91 Å². The van der Waals surface area contributed by atoms with Crippen molar-refractivity contribution in [1.82, 2.24) is 19.7 Å². The number of carbonyl (C=O) groups is 1. The lowest BCUT2D eigenvalue weighted by atomic mass is 9.93. The van der Waals surface area contributed by atoms with E-state index in [0.29, 0.717) is 24.7 Å². The van der Waals surface area contributed by atoms with Crippen molar-refractivity contribution in [3.8, 4) is 17.4 Å². The van der Waals surface area contributed by atoms with Crippen molar-refractivity contribution in [3.05, 3.63) is 23.0 Å². The van der Waals surface area contributed by atoms with Gasteiger partial charge in [0.1, 0.15) is 0 Å². The number of aromatic nitrogens is 4. The number of hydrogen-bond acceptors (Lipinski definition) is 5. The highest BCUT2D eigenvalue weighted by molar-refractivity contribution is 5.94. The molecule has 0 aliphatic heterocycles. The van der Waals surface area contributed by atoms with Crippen molar-refractivity contribution in [2.75, 3.05) is 6.61 Å². The Labute approximate surface area is 115 Å². The molecule has 0 saturated heterocycles. The summed E-state index contributed by atoms with van der Waals surface area (Å²) >= 11 is 0. The lowest BCUT2D eigenvalue weighted by Crippen LogP contribution is -2.15. The zero-order valence-electron chi connectivity index (χ0n) is 11.4. The van der Waals surface area contributed by atoms with Crippen LogP contribution in [0, 0.1) is 0 Å². The first-order valence-corrected chi connectivity index (χ1v) is 6.46. The van der Waals surface area contributed by atoms with Crippen LogP contribution >= 0.6 is 0 Å². The van der Waals surface area contributed by atoms with E-state index in [4.69, 9.17) is 10.5 Å². The molecular formula is C13H15N5O2. The van der Waals surface area contributed by atoms with Gasteiger partial charge >= 0.3 is 6.01 Å². The van der Waals surface area contributed by atoms with Crippen molar-refractivity contribution in [1.29, 1.82) is 0 Å². The van der Waals surface area contributed by atoms with Gasteiger partial charge in [-0.25, -0.2) is 4.98 Å². The minimum atomic E-state index is -0.510. The van der Waals surface area contributed by atoms with Gasteiger partial charge < -0.3 is 10.5 Å². The van der Waals surface area contributed by atoms with E-state index < -0.39 is 5.91 Å². The van der Waals surface area contributed by atoms with Crippen LogP contribution < -0.4 is 10.5 Å². The molecule has 1 aliphatic carbocycles. The minimum absolute atomic E-state index is 0.324. The molecule has 2 N–H and O–H groups in total. The Hall–Kier alpha value is -2.44. The molecule has 2 aromatic rings. The van der Waals surface area contributed by atoms with Gasteiger partial charge in [-0.3, -0.25) is 9.48 Å². The van der Waals surface area contributed by atoms with E-state index in [-0.39, 0.29) is 0 Å². The molecule has 2 heterocycles. The van der Waals surface area contributed by atoms with Crippen LogP contribution in [0.15, 0.2) is 6.20 Å². The molecule has 2 aromatic heterocycles. The maximum absolute atomic E-state index is 11.5. The number of ether oxygens (including phenoxy) is 1. The number of primary amides is 1. The fraction of sp³-hybridized carbons (Fsp3) is 0.385. The molecule has 0 aromatic carbocycles.